The highest BCUT2D eigenvalue weighted by atomic mass is 16.3. The predicted molar refractivity (Wildman–Crippen MR) is 74.4 cm³/mol. The van der Waals surface area contributed by atoms with Crippen molar-refractivity contribution >= 4 is 5.91 Å². The Bertz CT molecular complexity index is 559. The lowest BCUT2D eigenvalue weighted by molar-refractivity contribution is 0.0869. The third kappa shape index (κ3) is 3.23. The summed E-state index contributed by atoms with van der Waals surface area (Å²) in [5.41, 5.74) is 0.882. The van der Waals surface area contributed by atoms with Gasteiger partial charge in [-0.05, 0) is 44.2 Å². The van der Waals surface area contributed by atoms with Gasteiger partial charge < -0.3 is 15.0 Å². The number of hydrogen-bond acceptors (Lipinski definition) is 2. The molecule has 2 N–H and O–H groups in total. The first-order valence-corrected chi connectivity index (χ1v) is 6.19. The fraction of sp³-hybridized carbons (Fsp3) is 0.267. The zero-order chi connectivity index (χ0) is 13.9. The molecule has 0 aliphatic carbocycles. The molecular formula is C15H18N2O2. The van der Waals surface area contributed by atoms with Gasteiger partial charge in [0.15, 0.2) is 0 Å². The van der Waals surface area contributed by atoms with Crippen LogP contribution in [0.15, 0.2) is 48.8 Å². The second-order valence-corrected chi connectivity index (χ2v) is 5.14. The maximum absolute atomic E-state index is 12.1. The molecule has 0 bridgehead atoms. The van der Waals surface area contributed by atoms with Crippen LogP contribution in [0.5, 0.6) is 0 Å². The molecule has 2 rings (SSSR count). The first-order valence-electron chi connectivity index (χ1n) is 6.19. The molecule has 0 fully saturated rings. The van der Waals surface area contributed by atoms with Gasteiger partial charge in [-0.25, -0.2) is 0 Å². The van der Waals surface area contributed by atoms with Gasteiger partial charge in [-0.2, -0.15) is 0 Å². The molecule has 100 valence electrons. The Labute approximate surface area is 112 Å². The van der Waals surface area contributed by atoms with E-state index in [0.29, 0.717) is 5.56 Å². The number of carbonyl (C=O) groups is 1. The van der Waals surface area contributed by atoms with Crippen LogP contribution in [0.4, 0.5) is 0 Å². The lowest BCUT2D eigenvalue weighted by atomic mass is 10.1. The number of benzene rings is 1. The molecule has 4 nitrogen and oxygen atoms in total. The van der Waals surface area contributed by atoms with E-state index in [1.54, 1.807) is 19.9 Å². The van der Waals surface area contributed by atoms with Crippen LogP contribution in [-0.4, -0.2) is 27.7 Å². The number of aliphatic hydroxyl groups is 1. The lowest BCUT2D eigenvalue weighted by Gasteiger charge is -2.23. The predicted octanol–water partition coefficient (Wildman–Crippen LogP) is 1.98. The molecule has 19 heavy (non-hydrogen) atoms. The molecule has 0 saturated carbocycles. The highest BCUT2D eigenvalue weighted by Crippen LogP contribution is 2.12. The molecule has 0 saturated heterocycles. The highest BCUT2D eigenvalue weighted by molar-refractivity contribution is 5.95. The Hall–Kier alpha value is -2.07. The van der Waals surface area contributed by atoms with Crippen LogP contribution in [0.2, 0.25) is 0 Å². The number of carbonyl (C=O) groups excluding carboxylic acids is 1. The molecule has 0 spiro atoms. The summed E-state index contributed by atoms with van der Waals surface area (Å²) in [5, 5.41) is 12.0. The van der Waals surface area contributed by atoms with E-state index in [0.717, 1.165) is 5.69 Å². The number of amides is 1. The Balaban J connectivity index is 2.22. The van der Waals surface area contributed by atoms with E-state index in [1.165, 1.54) is 0 Å². The molecule has 0 unspecified atom stereocenters. The second-order valence-electron chi connectivity index (χ2n) is 5.14. The zero-order valence-electron chi connectivity index (χ0n) is 11.1. The van der Waals surface area contributed by atoms with E-state index in [4.69, 9.17) is 0 Å². The Morgan fingerprint density at radius 2 is 1.95 bits per heavy atom. The van der Waals surface area contributed by atoms with Gasteiger partial charge in [0.2, 0.25) is 0 Å². The monoisotopic (exact) mass is 258 g/mol. The summed E-state index contributed by atoms with van der Waals surface area (Å²) in [6.07, 6.45) is 3.85. The van der Waals surface area contributed by atoms with E-state index in [9.17, 15) is 9.90 Å². The topological polar surface area (TPSA) is 54.3 Å². The largest absolute Gasteiger partial charge is 0.394 e. The van der Waals surface area contributed by atoms with Crippen molar-refractivity contribution < 1.29 is 9.90 Å². The molecule has 0 radical (unpaired) electrons. The number of aromatic nitrogens is 1. The lowest BCUT2D eigenvalue weighted by Crippen LogP contribution is -2.46. The number of rotatable bonds is 4. The average Bonchev–Trinajstić information content (AvgIpc) is 2.92. The van der Waals surface area contributed by atoms with E-state index in [2.05, 4.69) is 5.32 Å². The molecule has 1 aromatic heterocycles. The Morgan fingerprint density at radius 1 is 1.26 bits per heavy atom. The first-order chi connectivity index (χ1) is 9.02. The number of aliphatic hydroxyl groups excluding tert-OH is 1. The van der Waals surface area contributed by atoms with Crippen LogP contribution < -0.4 is 5.32 Å². The van der Waals surface area contributed by atoms with Crippen molar-refractivity contribution in [2.75, 3.05) is 6.61 Å². The summed E-state index contributed by atoms with van der Waals surface area (Å²) in [6.45, 7) is 3.46. The van der Waals surface area contributed by atoms with Crippen molar-refractivity contribution in [3.05, 3.63) is 54.4 Å². The van der Waals surface area contributed by atoms with E-state index in [1.807, 2.05) is 47.3 Å². The average molecular weight is 258 g/mol. The third-order valence-corrected chi connectivity index (χ3v) is 2.86. The summed E-state index contributed by atoms with van der Waals surface area (Å²) in [5.74, 6) is -0.187. The standard InChI is InChI=1S/C15H18N2O2/c1-15(2,11-18)16-14(19)12-6-5-7-13(10-12)17-8-3-4-9-17/h3-10,18H,11H2,1-2H3,(H,16,19). The Morgan fingerprint density at radius 3 is 2.58 bits per heavy atom. The zero-order valence-corrected chi connectivity index (χ0v) is 11.1. The van der Waals surface area contributed by atoms with Crippen molar-refractivity contribution in [1.29, 1.82) is 0 Å². The minimum Gasteiger partial charge on any atom is -0.394 e. The molecule has 1 aromatic carbocycles. The number of nitrogens with zero attached hydrogens (tertiary/aromatic N) is 1. The van der Waals surface area contributed by atoms with Gasteiger partial charge in [0.1, 0.15) is 0 Å². The normalized spacial score (nSPS) is 11.3. The van der Waals surface area contributed by atoms with Crippen molar-refractivity contribution in [3.63, 3.8) is 0 Å². The molecule has 0 aliphatic heterocycles. The summed E-state index contributed by atoms with van der Waals surface area (Å²) in [6, 6.07) is 11.2. The fourth-order valence-electron chi connectivity index (χ4n) is 1.73. The maximum Gasteiger partial charge on any atom is 0.251 e. The molecule has 1 amide bonds. The highest BCUT2D eigenvalue weighted by Gasteiger charge is 2.20. The summed E-state index contributed by atoms with van der Waals surface area (Å²) < 4.78 is 1.94. The first kappa shape index (κ1) is 13.4. The maximum atomic E-state index is 12.1. The minimum absolute atomic E-state index is 0.101. The van der Waals surface area contributed by atoms with Crippen LogP contribution >= 0.6 is 0 Å². The van der Waals surface area contributed by atoms with Crippen molar-refractivity contribution in [1.82, 2.24) is 9.88 Å². The summed E-state index contributed by atoms with van der Waals surface area (Å²) in [7, 11) is 0. The van der Waals surface area contributed by atoms with Gasteiger partial charge in [0.05, 0.1) is 12.1 Å². The van der Waals surface area contributed by atoms with Gasteiger partial charge in [0, 0.05) is 23.6 Å². The van der Waals surface area contributed by atoms with Crippen LogP contribution in [0.1, 0.15) is 24.2 Å². The van der Waals surface area contributed by atoms with Gasteiger partial charge in [0.25, 0.3) is 5.91 Å². The van der Waals surface area contributed by atoms with Crippen LogP contribution in [-0.2, 0) is 0 Å². The van der Waals surface area contributed by atoms with Crippen LogP contribution in [0.25, 0.3) is 5.69 Å². The van der Waals surface area contributed by atoms with Crippen molar-refractivity contribution in [2.24, 2.45) is 0 Å². The van der Waals surface area contributed by atoms with Gasteiger partial charge in [-0.3, -0.25) is 4.79 Å². The van der Waals surface area contributed by atoms with Crippen LogP contribution in [0, 0.1) is 0 Å². The summed E-state index contributed by atoms with van der Waals surface area (Å²) in [4.78, 5) is 12.1. The number of nitrogens with one attached hydrogen (secondary N) is 1. The Kier molecular flexibility index (Phi) is 3.71. The van der Waals surface area contributed by atoms with Crippen molar-refractivity contribution in [3.8, 4) is 5.69 Å². The SMILES string of the molecule is CC(C)(CO)NC(=O)c1cccc(-n2cccc2)c1. The van der Waals surface area contributed by atoms with E-state index >= 15 is 0 Å². The molecule has 2 aromatic rings. The molecule has 4 heteroatoms. The molecule has 0 atom stereocenters. The molecule has 0 aliphatic rings. The minimum atomic E-state index is -0.624. The third-order valence-electron chi connectivity index (χ3n) is 2.86. The second kappa shape index (κ2) is 5.28. The number of hydrogen-bond donors (Lipinski definition) is 2. The summed E-state index contributed by atoms with van der Waals surface area (Å²) >= 11 is 0. The van der Waals surface area contributed by atoms with E-state index in [-0.39, 0.29) is 12.5 Å². The quantitative estimate of drug-likeness (QED) is 0.881. The molecule has 1 heterocycles. The van der Waals surface area contributed by atoms with Gasteiger partial charge in [-0.1, -0.05) is 6.07 Å². The van der Waals surface area contributed by atoms with Crippen molar-refractivity contribution in [2.45, 2.75) is 19.4 Å². The molecular weight excluding hydrogens is 240 g/mol. The van der Waals surface area contributed by atoms with Gasteiger partial charge in [-0.15, -0.1) is 0 Å². The van der Waals surface area contributed by atoms with Gasteiger partial charge >= 0.3 is 0 Å². The smallest absolute Gasteiger partial charge is 0.251 e. The van der Waals surface area contributed by atoms with Crippen LogP contribution in [0.3, 0.4) is 0 Å². The van der Waals surface area contributed by atoms with E-state index < -0.39 is 5.54 Å². The fourth-order valence-corrected chi connectivity index (χ4v) is 1.73.